The summed E-state index contributed by atoms with van der Waals surface area (Å²) in [5.74, 6) is -0.495. The molecule has 0 aliphatic heterocycles. The zero-order valence-electron chi connectivity index (χ0n) is 15.8. The van der Waals surface area contributed by atoms with Crippen molar-refractivity contribution in [2.75, 3.05) is 0 Å². The molecule has 0 radical (unpaired) electrons. The predicted molar refractivity (Wildman–Crippen MR) is 113 cm³/mol. The Kier molecular flexibility index (Phi) is 5.32. The minimum absolute atomic E-state index is 0.195. The van der Waals surface area contributed by atoms with Crippen LogP contribution in [0.3, 0.4) is 0 Å². The number of rotatable bonds is 5. The van der Waals surface area contributed by atoms with Crippen molar-refractivity contribution in [2.24, 2.45) is 0 Å². The molecule has 29 heavy (non-hydrogen) atoms. The van der Waals surface area contributed by atoms with Gasteiger partial charge in [-0.1, -0.05) is 41.9 Å². The summed E-state index contributed by atoms with van der Waals surface area (Å²) in [6.45, 7) is 2.42. The topological polar surface area (TPSA) is 46.9 Å². The van der Waals surface area contributed by atoms with E-state index in [1.807, 2.05) is 48.0 Å². The first-order valence-electron chi connectivity index (χ1n) is 9.26. The molecule has 0 aliphatic carbocycles. The standard InChI is InChI=1S/C23H19ClFN3O/c1-15(17-7-9-21(25)10-8-17)27-23(29)18-5-6-19-13-26-28(22(19)12-18)14-16-3-2-4-20(24)11-16/h2-13,15H,14H2,1H3,(H,27,29). The van der Waals surface area contributed by atoms with Crippen molar-refractivity contribution in [1.82, 2.24) is 15.1 Å². The third-order valence-corrected chi connectivity index (χ3v) is 5.08. The van der Waals surface area contributed by atoms with Crippen LogP contribution in [0, 0.1) is 5.82 Å². The molecule has 0 fully saturated rings. The number of nitrogens with zero attached hydrogens (tertiary/aromatic N) is 2. The summed E-state index contributed by atoms with van der Waals surface area (Å²) in [6.07, 6.45) is 1.78. The van der Waals surface area contributed by atoms with E-state index in [1.54, 1.807) is 24.4 Å². The molecule has 0 bridgehead atoms. The molecule has 0 aliphatic rings. The number of aromatic nitrogens is 2. The number of benzene rings is 3. The van der Waals surface area contributed by atoms with E-state index < -0.39 is 0 Å². The van der Waals surface area contributed by atoms with Crippen molar-refractivity contribution < 1.29 is 9.18 Å². The van der Waals surface area contributed by atoms with Gasteiger partial charge in [-0.15, -0.1) is 0 Å². The highest BCUT2D eigenvalue weighted by atomic mass is 35.5. The number of halogens is 2. The predicted octanol–water partition coefficient (Wildman–Crippen LogP) is 5.37. The van der Waals surface area contributed by atoms with Gasteiger partial charge in [-0.05, 0) is 54.4 Å². The number of amides is 1. The normalized spacial score (nSPS) is 12.1. The van der Waals surface area contributed by atoms with Crippen LogP contribution in [-0.4, -0.2) is 15.7 Å². The fourth-order valence-corrected chi connectivity index (χ4v) is 3.47. The molecule has 1 N–H and O–H groups in total. The third kappa shape index (κ3) is 4.30. The molecule has 0 saturated carbocycles. The highest BCUT2D eigenvalue weighted by Crippen LogP contribution is 2.20. The average Bonchev–Trinajstić information content (AvgIpc) is 3.10. The van der Waals surface area contributed by atoms with Gasteiger partial charge in [0.1, 0.15) is 5.82 Å². The number of carbonyl (C=O) groups is 1. The molecule has 0 saturated heterocycles. The lowest BCUT2D eigenvalue weighted by Crippen LogP contribution is -2.26. The van der Waals surface area contributed by atoms with Gasteiger partial charge in [0, 0.05) is 16.0 Å². The summed E-state index contributed by atoms with van der Waals surface area (Å²) in [4.78, 5) is 12.7. The fourth-order valence-electron chi connectivity index (χ4n) is 3.26. The second kappa shape index (κ2) is 8.05. The summed E-state index contributed by atoms with van der Waals surface area (Å²) >= 11 is 6.07. The molecule has 1 unspecified atom stereocenters. The largest absolute Gasteiger partial charge is 0.346 e. The van der Waals surface area contributed by atoms with Crippen LogP contribution in [0.1, 0.15) is 34.5 Å². The molecule has 1 aromatic heterocycles. The van der Waals surface area contributed by atoms with Crippen LogP contribution in [0.5, 0.6) is 0 Å². The van der Waals surface area contributed by atoms with Crippen LogP contribution in [0.25, 0.3) is 10.9 Å². The smallest absolute Gasteiger partial charge is 0.251 e. The summed E-state index contributed by atoms with van der Waals surface area (Å²) < 4.78 is 15.0. The Labute approximate surface area is 172 Å². The first-order chi connectivity index (χ1) is 14.0. The fraction of sp³-hybridized carbons (Fsp3) is 0.130. The van der Waals surface area contributed by atoms with Gasteiger partial charge in [-0.25, -0.2) is 4.39 Å². The van der Waals surface area contributed by atoms with Crippen molar-refractivity contribution in [3.8, 4) is 0 Å². The zero-order valence-corrected chi connectivity index (χ0v) is 16.5. The van der Waals surface area contributed by atoms with E-state index >= 15 is 0 Å². The van der Waals surface area contributed by atoms with Crippen LogP contribution in [0.2, 0.25) is 5.02 Å². The van der Waals surface area contributed by atoms with Crippen LogP contribution in [-0.2, 0) is 6.54 Å². The quantitative estimate of drug-likeness (QED) is 0.483. The lowest BCUT2D eigenvalue weighted by Gasteiger charge is -2.14. The molecule has 1 heterocycles. The van der Waals surface area contributed by atoms with E-state index in [4.69, 9.17) is 11.6 Å². The molecule has 4 rings (SSSR count). The molecule has 3 aromatic carbocycles. The zero-order chi connectivity index (χ0) is 20.4. The van der Waals surface area contributed by atoms with Gasteiger partial charge in [0.2, 0.25) is 0 Å². The van der Waals surface area contributed by atoms with Gasteiger partial charge in [0.05, 0.1) is 24.3 Å². The van der Waals surface area contributed by atoms with Gasteiger partial charge >= 0.3 is 0 Å². The minimum Gasteiger partial charge on any atom is -0.346 e. The Morgan fingerprint density at radius 3 is 2.69 bits per heavy atom. The average molecular weight is 408 g/mol. The maximum atomic E-state index is 13.1. The Morgan fingerprint density at radius 1 is 1.14 bits per heavy atom. The highest BCUT2D eigenvalue weighted by molar-refractivity contribution is 6.30. The summed E-state index contributed by atoms with van der Waals surface area (Å²) in [7, 11) is 0. The van der Waals surface area contributed by atoms with E-state index in [2.05, 4.69) is 10.4 Å². The number of carbonyl (C=O) groups excluding carboxylic acids is 1. The first kappa shape index (κ1) is 19.2. The third-order valence-electron chi connectivity index (χ3n) is 4.85. The SMILES string of the molecule is CC(NC(=O)c1ccc2cnn(Cc3cccc(Cl)c3)c2c1)c1ccc(F)cc1. The number of nitrogens with one attached hydrogen (secondary N) is 1. The molecule has 4 aromatic rings. The number of hydrogen-bond acceptors (Lipinski definition) is 2. The molecule has 146 valence electrons. The Bertz CT molecular complexity index is 1170. The first-order valence-corrected chi connectivity index (χ1v) is 9.64. The van der Waals surface area contributed by atoms with Gasteiger partial charge in [0.25, 0.3) is 5.91 Å². The van der Waals surface area contributed by atoms with Crippen LogP contribution >= 0.6 is 11.6 Å². The van der Waals surface area contributed by atoms with Crippen molar-refractivity contribution in [2.45, 2.75) is 19.5 Å². The van der Waals surface area contributed by atoms with E-state index in [0.717, 1.165) is 22.0 Å². The van der Waals surface area contributed by atoms with Crippen molar-refractivity contribution in [1.29, 1.82) is 0 Å². The van der Waals surface area contributed by atoms with Gasteiger partial charge < -0.3 is 5.32 Å². The lowest BCUT2D eigenvalue weighted by molar-refractivity contribution is 0.0940. The maximum absolute atomic E-state index is 13.1. The van der Waals surface area contributed by atoms with Crippen LogP contribution < -0.4 is 5.32 Å². The Balaban J connectivity index is 1.56. The van der Waals surface area contributed by atoms with Crippen molar-refractivity contribution >= 4 is 28.4 Å². The summed E-state index contributed by atoms with van der Waals surface area (Å²) in [5.41, 5.74) is 3.28. The number of fused-ring (bicyclic) bond motifs is 1. The summed E-state index contributed by atoms with van der Waals surface area (Å²) in [6, 6.07) is 19.0. The highest BCUT2D eigenvalue weighted by Gasteiger charge is 2.13. The van der Waals surface area contributed by atoms with E-state index in [1.165, 1.54) is 12.1 Å². The molecule has 0 spiro atoms. The Hall–Kier alpha value is -3.18. The van der Waals surface area contributed by atoms with Gasteiger partial charge in [-0.2, -0.15) is 5.10 Å². The Morgan fingerprint density at radius 2 is 1.93 bits per heavy atom. The summed E-state index contributed by atoms with van der Waals surface area (Å²) in [5, 5.41) is 9.03. The van der Waals surface area contributed by atoms with Gasteiger partial charge in [0.15, 0.2) is 0 Å². The minimum atomic E-state index is -0.300. The van der Waals surface area contributed by atoms with Crippen molar-refractivity contribution in [3.63, 3.8) is 0 Å². The van der Waals surface area contributed by atoms with Gasteiger partial charge in [-0.3, -0.25) is 9.48 Å². The molecular formula is C23H19ClFN3O. The van der Waals surface area contributed by atoms with Crippen LogP contribution in [0.15, 0.2) is 72.9 Å². The maximum Gasteiger partial charge on any atom is 0.251 e. The monoisotopic (exact) mass is 407 g/mol. The second-order valence-corrected chi connectivity index (χ2v) is 7.39. The lowest BCUT2D eigenvalue weighted by atomic mass is 10.1. The molecule has 6 heteroatoms. The van der Waals surface area contributed by atoms with E-state index in [0.29, 0.717) is 17.1 Å². The van der Waals surface area contributed by atoms with E-state index in [9.17, 15) is 9.18 Å². The van der Waals surface area contributed by atoms with E-state index in [-0.39, 0.29) is 17.8 Å². The molecular weight excluding hydrogens is 389 g/mol. The number of hydrogen-bond donors (Lipinski definition) is 1. The molecule has 1 atom stereocenters. The van der Waals surface area contributed by atoms with Crippen LogP contribution in [0.4, 0.5) is 4.39 Å². The molecule has 1 amide bonds. The molecule has 4 nitrogen and oxygen atoms in total. The van der Waals surface area contributed by atoms with Crippen molar-refractivity contribution in [3.05, 3.63) is 100 Å². The second-order valence-electron chi connectivity index (χ2n) is 6.95.